The molecule has 1 atom stereocenters. The van der Waals surface area contributed by atoms with Crippen LogP contribution in [0.15, 0.2) is 36.0 Å². The molecule has 1 unspecified atom stereocenters. The molecule has 2 aromatic rings. The summed E-state index contributed by atoms with van der Waals surface area (Å²) in [6.45, 7) is 0. The first kappa shape index (κ1) is 10.4. The van der Waals surface area contributed by atoms with Gasteiger partial charge in [-0.3, -0.25) is 9.78 Å². The molecule has 1 aromatic carbocycles. The van der Waals surface area contributed by atoms with E-state index in [1.54, 1.807) is 23.8 Å². The third-order valence-corrected chi connectivity index (χ3v) is 3.69. The van der Waals surface area contributed by atoms with Crippen LogP contribution in [-0.4, -0.2) is 16.0 Å². The molecule has 1 amide bonds. The standard InChI is InChI=1S/C12H10N2O2S/c15-11-12(16,5-8-6-13-7-17-8)9-3-1-2-4-10(9)14-11/h1-4,6-7,16H,5H2,(H,14,15). The minimum Gasteiger partial charge on any atom is -0.375 e. The van der Waals surface area contributed by atoms with Crippen LogP contribution in [0.1, 0.15) is 10.4 Å². The summed E-state index contributed by atoms with van der Waals surface area (Å²) >= 11 is 1.43. The van der Waals surface area contributed by atoms with Crippen LogP contribution in [0, 0.1) is 0 Å². The number of fused-ring (bicyclic) bond motifs is 1. The van der Waals surface area contributed by atoms with E-state index < -0.39 is 5.60 Å². The Kier molecular flexibility index (Phi) is 2.24. The molecule has 0 aliphatic carbocycles. The highest BCUT2D eigenvalue weighted by Gasteiger charge is 2.45. The van der Waals surface area contributed by atoms with Gasteiger partial charge in [-0.1, -0.05) is 18.2 Å². The van der Waals surface area contributed by atoms with Crippen LogP contribution in [0.25, 0.3) is 0 Å². The Balaban J connectivity index is 2.04. The minimum atomic E-state index is -1.47. The van der Waals surface area contributed by atoms with Gasteiger partial charge in [-0.25, -0.2) is 0 Å². The predicted octanol–water partition coefficient (Wildman–Crippen LogP) is 1.53. The third kappa shape index (κ3) is 1.55. The van der Waals surface area contributed by atoms with E-state index in [-0.39, 0.29) is 12.3 Å². The highest BCUT2D eigenvalue weighted by atomic mass is 32.1. The van der Waals surface area contributed by atoms with Crippen molar-refractivity contribution in [3.8, 4) is 0 Å². The van der Waals surface area contributed by atoms with Crippen molar-refractivity contribution in [3.05, 3.63) is 46.4 Å². The molecule has 17 heavy (non-hydrogen) atoms. The van der Waals surface area contributed by atoms with Gasteiger partial charge in [-0.15, -0.1) is 11.3 Å². The van der Waals surface area contributed by atoms with Gasteiger partial charge in [0.05, 0.1) is 5.51 Å². The number of hydrogen-bond donors (Lipinski definition) is 2. The number of nitrogens with zero attached hydrogens (tertiary/aromatic N) is 1. The van der Waals surface area contributed by atoms with Crippen molar-refractivity contribution in [2.24, 2.45) is 0 Å². The van der Waals surface area contributed by atoms with Crippen molar-refractivity contribution < 1.29 is 9.90 Å². The first-order valence-corrected chi connectivity index (χ1v) is 6.09. The maximum Gasteiger partial charge on any atom is 0.261 e. The van der Waals surface area contributed by atoms with Gasteiger partial charge in [0.2, 0.25) is 0 Å². The number of rotatable bonds is 2. The Morgan fingerprint density at radius 3 is 3.00 bits per heavy atom. The minimum absolute atomic E-state index is 0.264. The molecule has 3 rings (SSSR count). The molecule has 5 heteroatoms. The third-order valence-electron chi connectivity index (χ3n) is 2.91. The van der Waals surface area contributed by atoms with Crippen LogP contribution in [-0.2, 0) is 16.8 Å². The number of aliphatic hydroxyl groups is 1. The first-order chi connectivity index (χ1) is 8.20. The summed E-state index contributed by atoms with van der Waals surface area (Å²) in [5.74, 6) is -0.368. The lowest BCUT2D eigenvalue weighted by atomic mass is 9.91. The van der Waals surface area contributed by atoms with Gasteiger partial charge < -0.3 is 10.4 Å². The number of benzene rings is 1. The van der Waals surface area contributed by atoms with Gasteiger partial charge in [0.15, 0.2) is 5.60 Å². The van der Waals surface area contributed by atoms with Gasteiger partial charge in [0.1, 0.15) is 0 Å². The van der Waals surface area contributed by atoms with Crippen molar-refractivity contribution in [3.63, 3.8) is 0 Å². The zero-order chi connectivity index (χ0) is 11.9. The molecular weight excluding hydrogens is 236 g/mol. The monoisotopic (exact) mass is 246 g/mol. The Labute approximate surface area is 102 Å². The number of nitrogens with one attached hydrogen (secondary N) is 1. The molecule has 1 aromatic heterocycles. The summed E-state index contributed by atoms with van der Waals surface area (Å²) in [5, 5.41) is 13.2. The zero-order valence-electron chi connectivity index (χ0n) is 8.88. The van der Waals surface area contributed by atoms with E-state index in [0.29, 0.717) is 11.3 Å². The zero-order valence-corrected chi connectivity index (χ0v) is 9.70. The first-order valence-electron chi connectivity index (χ1n) is 5.21. The second kappa shape index (κ2) is 3.65. The van der Waals surface area contributed by atoms with E-state index in [9.17, 15) is 9.90 Å². The lowest BCUT2D eigenvalue weighted by molar-refractivity contribution is -0.133. The molecule has 2 N–H and O–H groups in total. The largest absolute Gasteiger partial charge is 0.375 e. The summed E-state index contributed by atoms with van der Waals surface area (Å²) in [6, 6.07) is 7.21. The van der Waals surface area contributed by atoms with E-state index in [1.165, 1.54) is 11.3 Å². The van der Waals surface area contributed by atoms with Crippen LogP contribution in [0.5, 0.6) is 0 Å². The molecule has 0 saturated heterocycles. The van der Waals surface area contributed by atoms with Crippen molar-refractivity contribution >= 4 is 22.9 Å². The molecule has 0 radical (unpaired) electrons. The average molecular weight is 246 g/mol. The highest BCUT2D eigenvalue weighted by Crippen LogP contribution is 2.38. The van der Waals surface area contributed by atoms with Gasteiger partial charge in [-0.05, 0) is 6.07 Å². The van der Waals surface area contributed by atoms with Crippen molar-refractivity contribution in [2.75, 3.05) is 5.32 Å². The number of carbonyl (C=O) groups is 1. The molecule has 0 saturated carbocycles. The van der Waals surface area contributed by atoms with E-state index in [4.69, 9.17) is 0 Å². The summed E-state index contributed by atoms with van der Waals surface area (Å²) < 4.78 is 0. The maximum atomic E-state index is 11.9. The normalized spacial score (nSPS) is 22.3. The number of anilines is 1. The second-order valence-electron chi connectivity index (χ2n) is 4.00. The van der Waals surface area contributed by atoms with Crippen molar-refractivity contribution in [1.29, 1.82) is 0 Å². The number of para-hydroxylation sites is 1. The van der Waals surface area contributed by atoms with Gasteiger partial charge in [0, 0.05) is 28.7 Å². The van der Waals surface area contributed by atoms with Gasteiger partial charge in [0.25, 0.3) is 5.91 Å². The predicted molar refractivity (Wildman–Crippen MR) is 64.8 cm³/mol. The summed E-state index contributed by atoms with van der Waals surface area (Å²) in [4.78, 5) is 16.7. The van der Waals surface area contributed by atoms with Crippen LogP contribution in [0.4, 0.5) is 5.69 Å². The Morgan fingerprint density at radius 2 is 2.24 bits per heavy atom. The topological polar surface area (TPSA) is 62.2 Å². The SMILES string of the molecule is O=C1Nc2ccccc2C1(O)Cc1cncs1. The molecule has 2 heterocycles. The van der Waals surface area contributed by atoms with Gasteiger partial charge >= 0.3 is 0 Å². The smallest absolute Gasteiger partial charge is 0.261 e. The molecule has 86 valence electrons. The maximum absolute atomic E-state index is 11.9. The Hall–Kier alpha value is -1.72. The molecule has 1 aliphatic rings. The molecule has 0 spiro atoms. The number of amides is 1. The molecule has 0 bridgehead atoms. The number of aromatic nitrogens is 1. The van der Waals surface area contributed by atoms with Crippen molar-refractivity contribution in [1.82, 2.24) is 4.98 Å². The van der Waals surface area contributed by atoms with Crippen LogP contribution < -0.4 is 5.32 Å². The molecule has 1 aliphatic heterocycles. The van der Waals surface area contributed by atoms with Crippen LogP contribution in [0.3, 0.4) is 0 Å². The summed E-state index contributed by atoms with van der Waals surface area (Å²) in [5.41, 5.74) is 1.54. The Bertz CT molecular complexity index is 568. The molecule has 4 nitrogen and oxygen atoms in total. The van der Waals surface area contributed by atoms with Crippen molar-refractivity contribution in [2.45, 2.75) is 12.0 Å². The fourth-order valence-corrected chi connectivity index (χ4v) is 2.73. The molecular formula is C12H10N2O2S. The number of hydrogen-bond acceptors (Lipinski definition) is 4. The fraction of sp³-hybridized carbons (Fsp3) is 0.167. The highest BCUT2D eigenvalue weighted by molar-refractivity contribution is 7.09. The summed E-state index contributed by atoms with van der Waals surface area (Å²) in [7, 11) is 0. The lowest BCUT2D eigenvalue weighted by Crippen LogP contribution is -2.36. The van der Waals surface area contributed by atoms with E-state index in [2.05, 4.69) is 10.3 Å². The Morgan fingerprint density at radius 1 is 1.41 bits per heavy atom. The fourth-order valence-electron chi connectivity index (χ4n) is 2.06. The number of thiazole rings is 1. The molecule has 0 fully saturated rings. The lowest BCUT2D eigenvalue weighted by Gasteiger charge is -2.19. The van der Waals surface area contributed by atoms with Crippen LogP contribution >= 0.6 is 11.3 Å². The summed E-state index contributed by atoms with van der Waals surface area (Å²) in [6.07, 6.45) is 1.94. The van der Waals surface area contributed by atoms with Crippen LogP contribution in [0.2, 0.25) is 0 Å². The van der Waals surface area contributed by atoms with E-state index in [1.807, 2.05) is 12.1 Å². The van der Waals surface area contributed by atoms with E-state index in [0.717, 1.165) is 4.88 Å². The second-order valence-corrected chi connectivity index (χ2v) is 4.98. The number of carbonyl (C=O) groups excluding carboxylic acids is 1. The quantitative estimate of drug-likeness (QED) is 0.844. The average Bonchev–Trinajstić information content (AvgIpc) is 2.89. The van der Waals surface area contributed by atoms with E-state index >= 15 is 0 Å². The van der Waals surface area contributed by atoms with Gasteiger partial charge in [-0.2, -0.15) is 0 Å².